The molecule has 3 rings (SSSR count). The molecule has 2 N–H and O–H groups in total. The van der Waals surface area contributed by atoms with Crippen LogP contribution in [0.25, 0.3) is 11.0 Å². The lowest BCUT2D eigenvalue weighted by Crippen LogP contribution is -2.04. The fraction of sp³-hybridized carbons (Fsp3) is 0.0769. The van der Waals surface area contributed by atoms with Crippen LogP contribution in [0.2, 0.25) is 0 Å². The van der Waals surface area contributed by atoms with Gasteiger partial charge in [-0.1, -0.05) is 12.1 Å². The van der Waals surface area contributed by atoms with Gasteiger partial charge in [-0.05, 0) is 25.1 Å². The van der Waals surface area contributed by atoms with Crippen molar-refractivity contribution in [2.45, 2.75) is 6.92 Å². The summed E-state index contributed by atoms with van der Waals surface area (Å²) in [6.07, 6.45) is 3.37. The van der Waals surface area contributed by atoms with Crippen LogP contribution in [0, 0.1) is 0 Å². The summed E-state index contributed by atoms with van der Waals surface area (Å²) >= 11 is 0. The summed E-state index contributed by atoms with van der Waals surface area (Å²) in [6.45, 7) is 1.84. The minimum atomic E-state index is 0.589. The maximum atomic E-state index is 4.36. The number of imidazole rings is 1. The minimum absolute atomic E-state index is 0.589. The Hall–Kier alpha value is -2.76. The Kier molecular flexibility index (Phi) is 2.89. The van der Waals surface area contributed by atoms with Crippen LogP contribution in [-0.4, -0.2) is 25.6 Å². The summed E-state index contributed by atoms with van der Waals surface area (Å²) in [5.74, 6) is 1.18. The Balaban J connectivity index is 1.82. The van der Waals surface area contributed by atoms with Gasteiger partial charge in [-0.25, -0.2) is 20.4 Å². The van der Waals surface area contributed by atoms with Crippen molar-refractivity contribution in [1.29, 1.82) is 0 Å². The van der Waals surface area contributed by atoms with Gasteiger partial charge in [0.25, 0.3) is 0 Å². The highest BCUT2D eigenvalue weighted by atomic mass is 15.4. The van der Waals surface area contributed by atoms with Gasteiger partial charge in [0.2, 0.25) is 5.95 Å². The van der Waals surface area contributed by atoms with Gasteiger partial charge in [0.05, 0.1) is 11.0 Å². The predicted molar refractivity (Wildman–Crippen MR) is 74.0 cm³/mol. The monoisotopic (exact) mass is 252 g/mol. The molecular formula is C13H12N6. The molecule has 0 amide bonds. The molecule has 0 bridgehead atoms. The second-order valence-corrected chi connectivity index (χ2v) is 3.98. The minimum Gasteiger partial charge on any atom is -0.323 e. The summed E-state index contributed by atoms with van der Waals surface area (Å²) in [5, 5.41) is 4.21. The molecule has 0 fully saturated rings. The normalized spacial score (nSPS) is 11.7. The van der Waals surface area contributed by atoms with Crippen LogP contribution in [0.1, 0.15) is 12.7 Å². The number of aromatic nitrogens is 4. The third-order valence-corrected chi connectivity index (χ3v) is 2.61. The van der Waals surface area contributed by atoms with Crippen molar-refractivity contribution in [3.05, 3.63) is 48.5 Å². The van der Waals surface area contributed by atoms with E-state index in [1.807, 2.05) is 31.2 Å². The molecule has 3 aromatic rings. The fourth-order valence-electron chi connectivity index (χ4n) is 1.68. The van der Waals surface area contributed by atoms with E-state index in [0.29, 0.717) is 17.5 Å². The number of para-hydroxylation sites is 2. The molecule has 0 aliphatic carbocycles. The van der Waals surface area contributed by atoms with E-state index >= 15 is 0 Å². The van der Waals surface area contributed by atoms with E-state index in [4.69, 9.17) is 0 Å². The van der Waals surface area contributed by atoms with E-state index < -0.39 is 0 Å². The maximum Gasteiger partial charge on any atom is 0.222 e. The molecule has 0 spiro atoms. The molecule has 0 aliphatic heterocycles. The zero-order chi connectivity index (χ0) is 13.1. The topological polar surface area (TPSA) is 78.9 Å². The summed E-state index contributed by atoms with van der Waals surface area (Å²) in [6, 6.07) is 9.57. The quantitative estimate of drug-likeness (QED) is 0.553. The Bertz CT molecular complexity index is 683. The lowest BCUT2D eigenvalue weighted by Gasteiger charge is -1.98. The molecule has 0 saturated carbocycles. The first-order chi connectivity index (χ1) is 9.33. The number of anilines is 1. The number of hydrazone groups is 1. The van der Waals surface area contributed by atoms with Crippen molar-refractivity contribution in [3.8, 4) is 0 Å². The Morgan fingerprint density at radius 3 is 2.74 bits per heavy atom. The number of hydrogen-bond donors (Lipinski definition) is 2. The molecule has 6 nitrogen and oxygen atoms in total. The third-order valence-electron chi connectivity index (χ3n) is 2.61. The second-order valence-electron chi connectivity index (χ2n) is 3.98. The molecular weight excluding hydrogens is 240 g/mol. The van der Waals surface area contributed by atoms with E-state index in [1.54, 1.807) is 18.5 Å². The standard InChI is InChI=1S/C13H12N6/c1-9(12-14-7-4-8-15-12)18-19-13-16-10-5-2-3-6-11(10)17-13/h2-8H,1H3,(H2,16,17,19)/b18-9+. The zero-order valence-electron chi connectivity index (χ0n) is 10.3. The lowest BCUT2D eigenvalue weighted by atomic mass is 10.3. The molecule has 19 heavy (non-hydrogen) atoms. The fourth-order valence-corrected chi connectivity index (χ4v) is 1.68. The molecule has 0 atom stereocenters. The van der Waals surface area contributed by atoms with Crippen molar-refractivity contribution < 1.29 is 0 Å². The average molecular weight is 252 g/mol. The van der Waals surface area contributed by atoms with Gasteiger partial charge in [0, 0.05) is 12.4 Å². The number of fused-ring (bicyclic) bond motifs is 1. The second kappa shape index (κ2) is 4.85. The van der Waals surface area contributed by atoms with Crippen LogP contribution in [0.5, 0.6) is 0 Å². The van der Waals surface area contributed by atoms with E-state index in [-0.39, 0.29) is 0 Å². The van der Waals surface area contributed by atoms with Gasteiger partial charge < -0.3 is 4.98 Å². The van der Waals surface area contributed by atoms with Crippen molar-refractivity contribution >= 4 is 22.7 Å². The van der Waals surface area contributed by atoms with Gasteiger partial charge in [-0.15, -0.1) is 0 Å². The van der Waals surface area contributed by atoms with Gasteiger partial charge >= 0.3 is 0 Å². The lowest BCUT2D eigenvalue weighted by molar-refractivity contribution is 1.11. The highest BCUT2D eigenvalue weighted by Gasteiger charge is 2.02. The molecule has 1 aromatic carbocycles. The average Bonchev–Trinajstić information content (AvgIpc) is 2.88. The van der Waals surface area contributed by atoms with Gasteiger partial charge in [0.15, 0.2) is 5.82 Å². The molecule has 94 valence electrons. The smallest absolute Gasteiger partial charge is 0.222 e. The van der Waals surface area contributed by atoms with Crippen molar-refractivity contribution in [3.63, 3.8) is 0 Å². The molecule has 6 heteroatoms. The number of H-pyrrole nitrogens is 1. The highest BCUT2D eigenvalue weighted by molar-refractivity contribution is 5.95. The molecule has 2 heterocycles. The number of hydrogen-bond acceptors (Lipinski definition) is 5. The van der Waals surface area contributed by atoms with Crippen LogP contribution in [0.4, 0.5) is 5.95 Å². The summed E-state index contributed by atoms with van der Waals surface area (Å²) < 4.78 is 0. The largest absolute Gasteiger partial charge is 0.323 e. The predicted octanol–water partition coefficient (Wildman–Crippen LogP) is 2.19. The SMILES string of the molecule is C/C(=N\Nc1nc2ccccc2[nH]1)c1ncccn1. The van der Waals surface area contributed by atoms with Crippen LogP contribution in [0.3, 0.4) is 0 Å². The molecule has 0 radical (unpaired) electrons. The van der Waals surface area contributed by atoms with Crippen LogP contribution in [0.15, 0.2) is 47.8 Å². The zero-order valence-corrected chi connectivity index (χ0v) is 10.3. The summed E-state index contributed by atoms with van der Waals surface area (Å²) in [7, 11) is 0. The number of nitrogens with zero attached hydrogens (tertiary/aromatic N) is 4. The van der Waals surface area contributed by atoms with Crippen LogP contribution in [-0.2, 0) is 0 Å². The Morgan fingerprint density at radius 2 is 1.95 bits per heavy atom. The third kappa shape index (κ3) is 2.42. The van der Waals surface area contributed by atoms with E-state index in [0.717, 1.165) is 11.0 Å². The van der Waals surface area contributed by atoms with Crippen molar-refractivity contribution in [1.82, 2.24) is 19.9 Å². The van der Waals surface area contributed by atoms with Crippen LogP contribution >= 0.6 is 0 Å². The first-order valence-corrected chi connectivity index (χ1v) is 5.85. The number of benzene rings is 1. The number of rotatable bonds is 3. The van der Waals surface area contributed by atoms with E-state index in [2.05, 4.69) is 30.5 Å². The highest BCUT2D eigenvalue weighted by Crippen LogP contribution is 2.13. The number of nitrogens with one attached hydrogen (secondary N) is 2. The summed E-state index contributed by atoms with van der Waals surface area (Å²) in [4.78, 5) is 15.7. The molecule has 0 unspecified atom stereocenters. The van der Waals surface area contributed by atoms with Gasteiger partial charge in [-0.3, -0.25) is 0 Å². The van der Waals surface area contributed by atoms with Gasteiger partial charge in [-0.2, -0.15) is 5.10 Å². The first kappa shape index (κ1) is 11.3. The van der Waals surface area contributed by atoms with Crippen molar-refractivity contribution in [2.75, 3.05) is 5.43 Å². The van der Waals surface area contributed by atoms with E-state index in [9.17, 15) is 0 Å². The summed E-state index contributed by atoms with van der Waals surface area (Å²) in [5.41, 5.74) is 5.43. The van der Waals surface area contributed by atoms with Crippen molar-refractivity contribution in [2.24, 2.45) is 5.10 Å². The number of aromatic amines is 1. The molecule has 2 aromatic heterocycles. The van der Waals surface area contributed by atoms with E-state index in [1.165, 1.54) is 0 Å². The molecule has 0 aliphatic rings. The van der Waals surface area contributed by atoms with Crippen LogP contribution < -0.4 is 5.43 Å². The Morgan fingerprint density at radius 1 is 1.16 bits per heavy atom. The van der Waals surface area contributed by atoms with Gasteiger partial charge in [0.1, 0.15) is 5.71 Å². The molecule has 0 saturated heterocycles. The Labute approximate surface area is 109 Å². The first-order valence-electron chi connectivity index (χ1n) is 5.85. The maximum absolute atomic E-state index is 4.36.